The first-order chi connectivity index (χ1) is 14.7. The van der Waals surface area contributed by atoms with Crippen LogP contribution in [0.5, 0.6) is 11.5 Å². The first-order valence-electron chi connectivity index (χ1n) is 10.7. The summed E-state index contributed by atoms with van der Waals surface area (Å²) in [4.78, 5) is 25.3. The van der Waals surface area contributed by atoms with Gasteiger partial charge in [-0.25, -0.2) is 4.79 Å². The fourth-order valence-electron chi connectivity index (χ4n) is 4.49. The van der Waals surface area contributed by atoms with Crippen LogP contribution in [0.1, 0.15) is 67.4 Å². The van der Waals surface area contributed by atoms with Crippen molar-refractivity contribution in [1.82, 2.24) is 4.90 Å². The molecule has 2 aliphatic heterocycles. The number of likely N-dealkylation sites (tertiary alicyclic amines) is 1. The van der Waals surface area contributed by atoms with E-state index >= 15 is 0 Å². The number of aromatic hydroxyl groups is 1. The first-order valence-corrected chi connectivity index (χ1v) is 10.7. The fourth-order valence-corrected chi connectivity index (χ4v) is 4.49. The Morgan fingerprint density at radius 1 is 1.16 bits per heavy atom. The third kappa shape index (κ3) is 4.53. The van der Waals surface area contributed by atoms with Gasteiger partial charge in [-0.2, -0.15) is 0 Å². The van der Waals surface area contributed by atoms with Gasteiger partial charge in [0.25, 0.3) is 0 Å². The van der Waals surface area contributed by atoms with E-state index in [1.165, 1.54) is 0 Å². The van der Waals surface area contributed by atoms with Crippen molar-refractivity contribution in [3.05, 3.63) is 59.2 Å². The number of aldehydes is 1. The Bertz CT molecular complexity index is 968. The van der Waals surface area contributed by atoms with Crippen LogP contribution in [0.2, 0.25) is 0 Å². The van der Waals surface area contributed by atoms with Gasteiger partial charge in [0.1, 0.15) is 29.0 Å². The maximum atomic E-state index is 12.5. The van der Waals surface area contributed by atoms with Gasteiger partial charge in [0, 0.05) is 43.0 Å². The number of hydrogen-bond donors (Lipinski definition) is 1. The van der Waals surface area contributed by atoms with Crippen molar-refractivity contribution in [2.45, 2.75) is 57.2 Å². The average molecular weight is 424 g/mol. The predicted molar refractivity (Wildman–Crippen MR) is 117 cm³/mol. The second-order valence-electron chi connectivity index (χ2n) is 9.52. The zero-order chi connectivity index (χ0) is 22.2. The van der Waals surface area contributed by atoms with E-state index in [0.717, 1.165) is 29.6 Å². The summed E-state index contributed by atoms with van der Waals surface area (Å²) in [7, 11) is 0. The Morgan fingerprint density at radius 3 is 2.45 bits per heavy atom. The summed E-state index contributed by atoms with van der Waals surface area (Å²) in [6.07, 6.45) is 2.70. The summed E-state index contributed by atoms with van der Waals surface area (Å²) in [6, 6.07) is 12.8. The van der Waals surface area contributed by atoms with E-state index in [9.17, 15) is 14.7 Å². The number of carbonyl (C=O) groups excluding carboxylic acids is 2. The van der Waals surface area contributed by atoms with E-state index in [2.05, 4.69) is 0 Å². The number of benzene rings is 2. The zero-order valence-electron chi connectivity index (χ0n) is 18.3. The highest BCUT2D eigenvalue weighted by Crippen LogP contribution is 2.48. The summed E-state index contributed by atoms with van der Waals surface area (Å²) < 4.78 is 12.0. The maximum Gasteiger partial charge on any atom is 0.410 e. The second-order valence-corrected chi connectivity index (χ2v) is 9.52. The van der Waals surface area contributed by atoms with Crippen LogP contribution >= 0.6 is 0 Å². The van der Waals surface area contributed by atoms with Gasteiger partial charge in [0.2, 0.25) is 0 Å². The highest BCUT2D eigenvalue weighted by molar-refractivity contribution is 5.74. The minimum Gasteiger partial charge on any atom is -0.508 e. The molecule has 1 amide bonds. The van der Waals surface area contributed by atoms with Gasteiger partial charge in [-0.05, 0) is 51.0 Å². The van der Waals surface area contributed by atoms with Gasteiger partial charge in [-0.3, -0.25) is 4.79 Å². The number of ether oxygens (including phenoxy) is 2. The van der Waals surface area contributed by atoms with E-state index in [4.69, 9.17) is 9.47 Å². The third-order valence-corrected chi connectivity index (χ3v) is 6.07. The van der Waals surface area contributed by atoms with Crippen molar-refractivity contribution in [3.63, 3.8) is 0 Å². The lowest BCUT2D eigenvalue weighted by molar-refractivity contribution is -0.0302. The van der Waals surface area contributed by atoms with Crippen molar-refractivity contribution in [2.75, 3.05) is 13.1 Å². The normalized spacial score (nSPS) is 20.0. The quantitative estimate of drug-likeness (QED) is 0.696. The van der Waals surface area contributed by atoms with Crippen molar-refractivity contribution in [2.24, 2.45) is 0 Å². The van der Waals surface area contributed by atoms with Gasteiger partial charge in [0.05, 0.1) is 0 Å². The standard InChI is InChI=1S/C25H29NO5/c1-24(2,3)31-23(29)26-12-10-25(11-13-26)15-21(18-6-4-17(16-27)5-7-18)20-14-19(28)8-9-22(20)30-25/h4-9,14,16,21,28H,10-13,15H2,1-3H3. The lowest BCUT2D eigenvalue weighted by atomic mass is 9.74. The summed E-state index contributed by atoms with van der Waals surface area (Å²) in [5, 5.41) is 10.1. The van der Waals surface area contributed by atoms with Crippen molar-refractivity contribution in [3.8, 4) is 11.5 Å². The molecule has 2 aliphatic rings. The third-order valence-electron chi connectivity index (χ3n) is 6.07. The number of carbonyl (C=O) groups is 2. The SMILES string of the molecule is CC(C)(C)OC(=O)N1CCC2(CC1)CC(c1ccc(C=O)cc1)c1cc(O)ccc1O2. The number of amides is 1. The number of piperidine rings is 1. The number of fused-ring (bicyclic) bond motifs is 1. The monoisotopic (exact) mass is 423 g/mol. The summed E-state index contributed by atoms with van der Waals surface area (Å²) in [5.74, 6) is 0.997. The van der Waals surface area contributed by atoms with Gasteiger partial charge >= 0.3 is 6.09 Å². The molecule has 2 aromatic carbocycles. The molecule has 164 valence electrons. The smallest absolute Gasteiger partial charge is 0.410 e. The van der Waals surface area contributed by atoms with Crippen molar-refractivity contribution in [1.29, 1.82) is 0 Å². The van der Waals surface area contributed by atoms with Crippen molar-refractivity contribution >= 4 is 12.4 Å². The number of rotatable bonds is 2. The van der Waals surface area contributed by atoms with Crippen LogP contribution in [0.15, 0.2) is 42.5 Å². The molecule has 1 N–H and O–H groups in total. The molecule has 1 fully saturated rings. The Kier molecular flexibility index (Phi) is 5.42. The van der Waals surface area contributed by atoms with Crippen LogP contribution in [-0.2, 0) is 4.74 Å². The van der Waals surface area contributed by atoms with E-state index in [1.807, 2.05) is 51.1 Å². The molecule has 6 nitrogen and oxygen atoms in total. The molecule has 1 atom stereocenters. The van der Waals surface area contributed by atoms with Crippen LogP contribution in [-0.4, -0.2) is 46.7 Å². The molecule has 31 heavy (non-hydrogen) atoms. The van der Waals surface area contributed by atoms with Gasteiger partial charge in [-0.15, -0.1) is 0 Å². The average Bonchev–Trinajstić information content (AvgIpc) is 2.73. The molecular weight excluding hydrogens is 394 g/mol. The molecular formula is C25H29NO5. The number of phenolic OH excluding ortho intramolecular Hbond substituents is 1. The maximum absolute atomic E-state index is 12.5. The summed E-state index contributed by atoms with van der Waals surface area (Å²) in [6.45, 7) is 6.74. The molecule has 1 spiro atoms. The van der Waals surface area contributed by atoms with Crippen LogP contribution in [0, 0.1) is 0 Å². The van der Waals surface area contributed by atoms with E-state index in [-0.39, 0.29) is 17.8 Å². The second kappa shape index (κ2) is 7.91. The molecule has 0 radical (unpaired) electrons. The largest absolute Gasteiger partial charge is 0.508 e. The highest BCUT2D eigenvalue weighted by atomic mass is 16.6. The molecule has 4 rings (SSSR count). The van der Waals surface area contributed by atoms with Crippen LogP contribution in [0.4, 0.5) is 4.79 Å². The number of nitrogens with zero attached hydrogens (tertiary/aromatic N) is 1. The summed E-state index contributed by atoms with van der Waals surface area (Å²) >= 11 is 0. The number of hydrogen-bond acceptors (Lipinski definition) is 5. The molecule has 1 saturated heterocycles. The van der Waals surface area contributed by atoms with Crippen LogP contribution in [0.25, 0.3) is 0 Å². The molecule has 2 aromatic rings. The minimum absolute atomic E-state index is 0.0321. The highest BCUT2D eigenvalue weighted by Gasteiger charge is 2.45. The van der Waals surface area contributed by atoms with Gasteiger partial charge in [-0.1, -0.05) is 24.3 Å². The van der Waals surface area contributed by atoms with Crippen LogP contribution in [0.3, 0.4) is 0 Å². The molecule has 6 heteroatoms. The lowest BCUT2D eigenvalue weighted by Gasteiger charge is -2.47. The van der Waals surface area contributed by atoms with E-state index in [0.29, 0.717) is 31.5 Å². The lowest BCUT2D eigenvalue weighted by Crippen LogP contribution is -2.52. The Hall–Kier alpha value is -3.02. The molecule has 2 heterocycles. The fraction of sp³-hybridized carbons (Fsp3) is 0.440. The molecule has 0 saturated carbocycles. The predicted octanol–water partition coefficient (Wildman–Crippen LogP) is 4.89. The summed E-state index contributed by atoms with van der Waals surface area (Å²) in [5.41, 5.74) is 1.74. The topological polar surface area (TPSA) is 76.1 Å². The van der Waals surface area contributed by atoms with Gasteiger partial charge < -0.3 is 19.5 Å². The van der Waals surface area contributed by atoms with Crippen molar-refractivity contribution < 1.29 is 24.2 Å². The van der Waals surface area contributed by atoms with E-state index in [1.54, 1.807) is 17.0 Å². The Morgan fingerprint density at radius 2 is 1.84 bits per heavy atom. The molecule has 0 aromatic heterocycles. The molecule has 0 bridgehead atoms. The molecule has 1 unspecified atom stereocenters. The van der Waals surface area contributed by atoms with E-state index < -0.39 is 11.2 Å². The number of phenols is 1. The van der Waals surface area contributed by atoms with Gasteiger partial charge in [0.15, 0.2) is 0 Å². The molecule has 0 aliphatic carbocycles. The first kappa shape index (κ1) is 21.2. The van der Waals surface area contributed by atoms with Crippen LogP contribution < -0.4 is 4.74 Å². The Balaban J connectivity index is 1.58. The zero-order valence-corrected chi connectivity index (χ0v) is 18.3. The Labute approximate surface area is 182 Å². The minimum atomic E-state index is -0.521.